The van der Waals surface area contributed by atoms with Gasteiger partial charge in [-0.05, 0) is 146 Å². The van der Waals surface area contributed by atoms with E-state index in [-0.39, 0.29) is 5.41 Å². The zero-order valence-electron chi connectivity index (χ0n) is 36.5. The standard InChI is InChI=1S/C63H46N2/c1-63(2)59-41-53(64(51-24-13-6-14-25-51)52-30-26-46(27-31-52)48-23-15-22-47(38-48)43-16-7-3-8-17-43)32-34-55(59)56-35-33-54(42-60(56)63)65-61-36-28-49(44-18-9-4-10-19-44)39-57(61)58-40-50(29-37-62(58)65)45-20-11-5-12-21-45/h3-42H,1-2H3. The van der Waals surface area contributed by atoms with Gasteiger partial charge < -0.3 is 9.47 Å². The zero-order chi connectivity index (χ0) is 43.5. The van der Waals surface area contributed by atoms with Crippen LogP contribution in [0.4, 0.5) is 17.1 Å². The molecule has 0 amide bonds. The molecule has 1 heterocycles. The average Bonchev–Trinajstić information content (AvgIpc) is 3.82. The van der Waals surface area contributed by atoms with Gasteiger partial charge in [0.05, 0.1) is 11.0 Å². The molecule has 0 N–H and O–H groups in total. The summed E-state index contributed by atoms with van der Waals surface area (Å²) in [5.41, 5.74) is 21.7. The van der Waals surface area contributed by atoms with E-state index in [4.69, 9.17) is 0 Å². The number of benzene rings is 10. The SMILES string of the molecule is CC1(C)c2cc(N(c3ccccc3)c3ccc(-c4cccc(-c5ccccc5)c4)cc3)ccc2-c2ccc(-n3c4ccc(-c5ccccc5)cc4c4cc(-c5ccccc5)ccc43)cc21. The van der Waals surface area contributed by atoms with E-state index in [2.05, 4.69) is 266 Å². The van der Waals surface area contributed by atoms with Gasteiger partial charge in [-0.15, -0.1) is 0 Å². The molecule has 0 aliphatic heterocycles. The minimum Gasteiger partial charge on any atom is -0.310 e. The van der Waals surface area contributed by atoms with Crippen molar-refractivity contribution < 1.29 is 0 Å². The van der Waals surface area contributed by atoms with Crippen LogP contribution in [0.2, 0.25) is 0 Å². The molecule has 0 atom stereocenters. The second-order valence-corrected chi connectivity index (χ2v) is 17.8. The second kappa shape index (κ2) is 15.6. The predicted molar refractivity (Wildman–Crippen MR) is 275 cm³/mol. The van der Waals surface area contributed by atoms with Crippen molar-refractivity contribution in [1.82, 2.24) is 4.57 Å². The summed E-state index contributed by atoms with van der Waals surface area (Å²) in [5.74, 6) is 0. The van der Waals surface area contributed by atoms with Gasteiger partial charge in [0, 0.05) is 38.9 Å². The first kappa shape index (κ1) is 38.5. The molecule has 11 aromatic rings. The molecule has 12 rings (SSSR count). The van der Waals surface area contributed by atoms with Crippen LogP contribution in [-0.4, -0.2) is 4.57 Å². The van der Waals surface area contributed by atoms with Crippen LogP contribution in [0.3, 0.4) is 0 Å². The highest BCUT2D eigenvalue weighted by molar-refractivity contribution is 6.11. The maximum atomic E-state index is 2.47. The third-order valence-corrected chi connectivity index (χ3v) is 13.6. The largest absolute Gasteiger partial charge is 0.310 e. The summed E-state index contributed by atoms with van der Waals surface area (Å²) < 4.78 is 2.47. The fraction of sp³-hybridized carbons (Fsp3) is 0.0476. The van der Waals surface area contributed by atoms with E-state index in [0.29, 0.717) is 0 Å². The Bertz CT molecular complexity index is 3430. The first-order chi connectivity index (χ1) is 32.0. The van der Waals surface area contributed by atoms with Gasteiger partial charge in [0.25, 0.3) is 0 Å². The first-order valence-corrected chi connectivity index (χ1v) is 22.6. The number of para-hydroxylation sites is 1. The van der Waals surface area contributed by atoms with Gasteiger partial charge in [0.2, 0.25) is 0 Å². The smallest absolute Gasteiger partial charge is 0.0541 e. The minimum atomic E-state index is -0.244. The monoisotopic (exact) mass is 830 g/mol. The molecule has 2 heteroatoms. The molecule has 1 aromatic heterocycles. The predicted octanol–water partition coefficient (Wildman–Crippen LogP) is 17.2. The Morgan fingerprint density at radius 2 is 0.708 bits per heavy atom. The van der Waals surface area contributed by atoms with Gasteiger partial charge in [0.1, 0.15) is 0 Å². The molecular weight excluding hydrogens is 785 g/mol. The number of nitrogens with zero attached hydrogens (tertiary/aromatic N) is 2. The molecule has 65 heavy (non-hydrogen) atoms. The average molecular weight is 831 g/mol. The number of fused-ring (bicyclic) bond motifs is 6. The van der Waals surface area contributed by atoms with Gasteiger partial charge >= 0.3 is 0 Å². The number of hydrogen-bond donors (Lipinski definition) is 0. The number of hydrogen-bond acceptors (Lipinski definition) is 1. The Balaban J connectivity index is 0.935. The second-order valence-electron chi connectivity index (χ2n) is 17.8. The molecular formula is C63H46N2. The Hall–Kier alpha value is -8.20. The van der Waals surface area contributed by atoms with E-state index in [0.717, 1.165) is 17.1 Å². The number of anilines is 3. The van der Waals surface area contributed by atoms with Crippen molar-refractivity contribution in [3.05, 3.63) is 254 Å². The topological polar surface area (TPSA) is 8.17 Å². The van der Waals surface area contributed by atoms with Gasteiger partial charge in [0.15, 0.2) is 0 Å². The van der Waals surface area contributed by atoms with Crippen LogP contribution >= 0.6 is 0 Å². The maximum absolute atomic E-state index is 2.47. The normalized spacial score (nSPS) is 12.6. The zero-order valence-corrected chi connectivity index (χ0v) is 36.5. The van der Waals surface area contributed by atoms with Crippen molar-refractivity contribution in [1.29, 1.82) is 0 Å². The van der Waals surface area contributed by atoms with Crippen molar-refractivity contribution in [2.75, 3.05) is 4.90 Å². The Morgan fingerprint density at radius 1 is 0.308 bits per heavy atom. The third-order valence-electron chi connectivity index (χ3n) is 13.6. The molecule has 0 saturated carbocycles. The molecule has 1 aliphatic rings. The lowest BCUT2D eigenvalue weighted by molar-refractivity contribution is 0.660. The number of rotatable bonds is 8. The van der Waals surface area contributed by atoms with Crippen LogP contribution in [0.1, 0.15) is 25.0 Å². The van der Waals surface area contributed by atoms with Crippen LogP contribution in [0.5, 0.6) is 0 Å². The number of aromatic nitrogens is 1. The molecule has 2 nitrogen and oxygen atoms in total. The highest BCUT2D eigenvalue weighted by Gasteiger charge is 2.36. The lowest BCUT2D eigenvalue weighted by atomic mass is 9.82. The van der Waals surface area contributed by atoms with E-state index in [9.17, 15) is 0 Å². The third kappa shape index (κ3) is 6.65. The summed E-state index contributed by atoms with van der Waals surface area (Å²) in [6.45, 7) is 4.78. The minimum absolute atomic E-state index is 0.244. The van der Waals surface area contributed by atoms with Crippen LogP contribution in [-0.2, 0) is 5.41 Å². The molecule has 0 unspecified atom stereocenters. The summed E-state index contributed by atoms with van der Waals surface area (Å²) in [7, 11) is 0. The molecule has 0 fully saturated rings. The summed E-state index contributed by atoms with van der Waals surface area (Å²) in [6.07, 6.45) is 0. The quantitative estimate of drug-likeness (QED) is 0.148. The van der Waals surface area contributed by atoms with E-state index < -0.39 is 0 Å². The molecule has 0 bridgehead atoms. The molecule has 1 aliphatic carbocycles. The summed E-state index contributed by atoms with van der Waals surface area (Å²) in [5, 5.41) is 2.50. The van der Waals surface area contributed by atoms with Crippen molar-refractivity contribution in [2.45, 2.75) is 19.3 Å². The van der Waals surface area contributed by atoms with Crippen LogP contribution in [0.25, 0.3) is 83.1 Å². The lowest BCUT2D eigenvalue weighted by Gasteiger charge is -2.28. The molecule has 10 aromatic carbocycles. The van der Waals surface area contributed by atoms with E-state index >= 15 is 0 Å². The fourth-order valence-corrected chi connectivity index (χ4v) is 10.2. The van der Waals surface area contributed by atoms with Crippen molar-refractivity contribution in [3.8, 4) is 61.3 Å². The summed E-state index contributed by atoms with van der Waals surface area (Å²) >= 11 is 0. The van der Waals surface area contributed by atoms with Crippen LogP contribution in [0, 0.1) is 0 Å². The lowest BCUT2D eigenvalue weighted by Crippen LogP contribution is -2.17. The van der Waals surface area contributed by atoms with Crippen molar-refractivity contribution >= 4 is 38.9 Å². The van der Waals surface area contributed by atoms with Crippen LogP contribution in [0.15, 0.2) is 243 Å². The van der Waals surface area contributed by atoms with Gasteiger partial charge in [-0.3, -0.25) is 0 Å². The van der Waals surface area contributed by atoms with E-state index in [1.165, 1.54) is 94.3 Å². The maximum Gasteiger partial charge on any atom is 0.0541 e. The Labute approximate surface area is 381 Å². The molecule has 0 saturated heterocycles. The Morgan fingerprint density at radius 3 is 1.25 bits per heavy atom. The molecule has 0 radical (unpaired) electrons. The van der Waals surface area contributed by atoms with Crippen LogP contribution < -0.4 is 4.90 Å². The highest BCUT2D eigenvalue weighted by Crippen LogP contribution is 2.52. The first-order valence-electron chi connectivity index (χ1n) is 22.6. The van der Waals surface area contributed by atoms with Crippen molar-refractivity contribution in [3.63, 3.8) is 0 Å². The summed E-state index contributed by atoms with van der Waals surface area (Å²) in [4.78, 5) is 2.39. The highest BCUT2D eigenvalue weighted by atomic mass is 15.1. The van der Waals surface area contributed by atoms with Gasteiger partial charge in [-0.1, -0.05) is 178 Å². The summed E-state index contributed by atoms with van der Waals surface area (Å²) in [6, 6.07) is 88.7. The Kier molecular flexibility index (Phi) is 9.21. The molecule has 308 valence electrons. The van der Waals surface area contributed by atoms with Gasteiger partial charge in [-0.2, -0.15) is 0 Å². The fourth-order valence-electron chi connectivity index (χ4n) is 10.2. The van der Waals surface area contributed by atoms with Gasteiger partial charge in [-0.25, -0.2) is 0 Å². The van der Waals surface area contributed by atoms with Crippen molar-refractivity contribution in [2.24, 2.45) is 0 Å². The molecule has 0 spiro atoms. The van der Waals surface area contributed by atoms with E-state index in [1.54, 1.807) is 0 Å². The van der Waals surface area contributed by atoms with E-state index in [1.807, 2.05) is 0 Å².